The number of aryl methyl sites for hydroxylation is 2. The number of carbonyl (C=O) groups is 1. The van der Waals surface area contributed by atoms with Gasteiger partial charge in [-0.05, 0) is 31.0 Å². The van der Waals surface area contributed by atoms with Crippen LogP contribution in [0.4, 0.5) is 0 Å². The number of aromatic nitrogens is 4. The number of amides is 1. The van der Waals surface area contributed by atoms with Gasteiger partial charge in [0.2, 0.25) is 0 Å². The highest BCUT2D eigenvalue weighted by Crippen LogP contribution is 2.21. The zero-order valence-electron chi connectivity index (χ0n) is 12.7. The highest BCUT2D eigenvalue weighted by atomic mass is 16.6. The second kappa shape index (κ2) is 5.88. The Labute approximate surface area is 127 Å². The number of hydrogen-bond donors (Lipinski definition) is 1. The van der Waals surface area contributed by atoms with Crippen molar-refractivity contribution in [3.8, 4) is 0 Å². The van der Waals surface area contributed by atoms with Gasteiger partial charge in [-0.1, -0.05) is 12.1 Å². The molecule has 2 aromatic heterocycles. The van der Waals surface area contributed by atoms with Crippen LogP contribution in [0.3, 0.4) is 0 Å². The summed E-state index contributed by atoms with van der Waals surface area (Å²) in [7, 11) is 0. The zero-order chi connectivity index (χ0) is 15.7. The largest absolute Gasteiger partial charge is 0.387 e. The first kappa shape index (κ1) is 14.7. The maximum atomic E-state index is 12.5. The molecule has 1 atom stereocenters. The van der Waals surface area contributed by atoms with Gasteiger partial charge in [-0.3, -0.25) is 9.48 Å². The highest BCUT2D eigenvalue weighted by Gasteiger charge is 2.26. The molecular formula is C14H19N5O3. The Bertz CT molecular complexity index is 678. The number of rotatable bonds is 3. The fraction of sp³-hybridized carbons (Fsp3) is 0.571. The Hall–Kier alpha value is -2.22. The summed E-state index contributed by atoms with van der Waals surface area (Å²) in [6.07, 6.45) is 0.848. The topological polar surface area (TPSA) is 97.3 Å². The summed E-state index contributed by atoms with van der Waals surface area (Å²) < 4.78 is 6.48. The van der Waals surface area contributed by atoms with E-state index >= 15 is 0 Å². The molecule has 1 unspecified atom stereocenters. The summed E-state index contributed by atoms with van der Waals surface area (Å²) in [6.45, 7) is 5.40. The van der Waals surface area contributed by atoms with Crippen LogP contribution in [0, 0.1) is 6.92 Å². The van der Waals surface area contributed by atoms with Gasteiger partial charge in [0, 0.05) is 13.1 Å². The number of aliphatic hydroxyl groups is 1. The van der Waals surface area contributed by atoms with Gasteiger partial charge in [0.25, 0.3) is 5.91 Å². The van der Waals surface area contributed by atoms with Crippen LogP contribution < -0.4 is 0 Å². The number of fused-ring (bicyclic) bond motifs is 1. The Balaban J connectivity index is 1.83. The Morgan fingerprint density at radius 2 is 2.27 bits per heavy atom. The number of hydrogen-bond acceptors (Lipinski definition) is 6. The Morgan fingerprint density at radius 3 is 2.95 bits per heavy atom. The molecule has 0 saturated heterocycles. The van der Waals surface area contributed by atoms with Crippen molar-refractivity contribution in [3.63, 3.8) is 0 Å². The van der Waals surface area contributed by atoms with Gasteiger partial charge < -0.3 is 10.0 Å². The molecule has 8 heteroatoms. The van der Waals surface area contributed by atoms with Crippen molar-refractivity contribution in [2.45, 2.75) is 45.9 Å². The standard InChI is InChI=1S/C14H19N5O3/c1-3-12(20)11-7-10-8-18(5-4-6-19(10)15-11)14(21)13-9(2)16-22-17-13/h7,12,20H,3-6,8H2,1-2H3. The first-order valence-electron chi connectivity index (χ1n) is 7.43. The van der Waals surface area contributed by atoms with Gasteiger partial charge in [-0.2, -0.15) is 5.10 Å². The Kier molecular flexibility index (Phi) is 3.93. The van der Waals surface area contributed by atoms with Crippen LogP contribution in [0.25, 0.3) is 0 Å². The molecule has 8 nitrogen and oxygen atoms in total. The van der Waals surface area contributed by atoms with Crippen LogP contribution in [-0.4, -0.2) is 42.6 Å². The summed E-state index contributed by atoms with van der Waals surface area (Å²) in [6, 6.07) is 1.87. The van der Waals surface area contributed by atoms with E-state index in [1.165, 1.54) is 0 Å². The average Bonchev–Trinajstić information content (AvgIpc) is 3.06. The van der Waals surface area contributed by atoms with E-state index < -0.39 is 6.10 Å². The molecule has 0 aromatic carbocycles. The van der Waals surface area contributed by atoms with E-state index in [9.17, 15) is 9.90 Å². The van der Waals surface area contributed by atoms with Crippen molar-refractivity contribution in [3.05, 3.63) is 28.8 Å². The van der Waals surface area contributed by atoms with E-state index in [1.54, 1.807) is 11.8 Å². The van der Waals surface area contributed by atoms with E-state index in [4.69, 9.17) is 0 Å². The van der Waals surface area contributed by atoms with Crippen LogP contribution in [0.5, 0.6) is 0 Å². The molecule has 0 aliphatic carbocycles. The molecule has 1 amide bonds. The highest BCUT2D eigenvalue weighted by molar-refractivity contribution is 5.93. The van der Waals surface area contributed by atoms with Crippen molar-refractivity contribution in [1.82, 2.24) is 25.0 Å². The summed E-state index contributed by atoms with van der Waals surface area (Å²) in [5.41, 5.74) is 2.32. The minimum atomic E-state index is -0.564. The van der Waals surface area contributed by atoms with Crippen LogP contribution in [0.15, 0.2) is 10.7 Å². The maximum Gasteiger partial charge on any atom is 0.278 e. The van der Waals surface area contributed by atoms with Crippen molar-refractivity contribution in [1.29, 1.82) is 0 Å². The molecule has 0 saturated carbocycles. The number of nitrogens with zero attached hydrogens (tertiary/aromatic N) is 5. The molecule has 0 spiro atoms. The fourth-order valence-corrected chi connectivity index (χ4v) is 2.61. The normalized spacial score (nSPS) is 16.2. The summed E-state index contributed by atoms with van der Waals surface area (Å²) in [5, 5.41) is 21.7. The maximum absolute atomic E-state index is 12.5. The summed E-state index contributed by atoms with van der Waals surface area (Å²) >= 11 is 0. The molecule has 1 N–H and O–H groups in total. The lowest BCUT2D eigenvalue weighted by molar-refractivity contribution is 0.0734. The molecule has 2 aromatic rings. The van der Waals surface area contributed by atoms with E-state index in [1.807, 2.05) is 17.7 Å². The average molecular weight is 305 g/mol. The van der Waals surface area contributed by atoms with Gasteiger partial charge in [0.1, 0.15) is 5.69 Å². The molecule has 0 radical (unpaired) electrons. The third-order valence-corrected chi connectivity index (χ3v) is 3.90. The van der Waals surface area contributed by atoms with Gasteiger partial charge >= 0.3 is 0 Å². The first-order chi connectivity index (χ1) is 10.6. The fourth-order valence-electron chi connectivity index (χ4n) is 2.61. The first-order valence-corrected chi connectivity index (χ1v) is 7.43. The predicted molar refractivity (Wildman–Crippen MR) is 75.9 cm³/mol. The molecule has 118 valence electrons. The second-order valence-electron chi connectivity index (χ2n) is 5.49. The van der Waals surface area contributed by atoms with E-state index in [-0.39, 0.29) is 11.6 Å². The lowest BCUT2D eigenvalue weighted by Crippen LogP contribution is -2.31. The third kappa shape index (κ3) is 2.61. The second-order valence-corrected chi connectivity index (χ2v) is 5.49. The van der Waals surface area contributed by atoms with Crippen LogP contribution in [0.2, 0.25) is 0 Å². The SMILES string of the molecule is CCC(O)c1cc2n(n1)CCCN(C(=O)c1nonc1C)C2. The number of aliphatic hydroxyl groups excluding tert-OH is 1. The van der Waals surface area contributed by atoms with Gasteiger partial charge in [0.15, 0.2) is 5.69 Å². The van der Waals surface area contributed by atoms with Crippen LogP contribution in [0.1, 0.15) is 53.4 Å². The van der Waals surface area contributed by atoms with Crippen molar-refractivity contribution >= 4 is 5.91 Å². The van der Waals surface area contributed by atoms with Crippen LogP contribution in [-0.2, 0) is 13.1 Å². The molecule has 3 rings (SSSR count). The van der Waals surface area contributed by atoms with Gasteiger partial charge in [-0.25, -0.2) is 4.63 Å². The molecule has 3 heterocycles. The summed E-state index contributed by atoms with van der Waals surface area (Å²) in [5.74, 6) is -0.189. The third-order valence-electron chi connectivity index (χ3n) is 3.90. The van der Waals surface area contributed by atoms with Crippen molar-refractivity contribution in [2.75, 3.05) is 6.54 Å². The van der Waals surface area contributed by atoms with Crippen LogP contribution >= 0.6 is 0 Å². The number of carbonyl (C=O) groups excluding carboxylic acids is 1. The molecule has 0 fully saturated rings. The minimum absolute atomic E-state index is 0.189. The van der Waals surface area contributed by atoms with Crippen molar-refractivity contribution in [2.24, 2.45) is 0 Å². The van der Waals surface area contributed by atoms with Crippen molar-refractivity contribution < 1.29 is 14.5 Å². The smallest absolute Gasteiger partial charge is 0.278 e. The van der Waals surface area contributed by atoms with Gasteiger partial charge in [-0.15, -0.1) is 0 Å². The monoisotopic (exact) mass is 305 g/mol. The lowest BCUT2D eigenvalue weighted by atomic mass is 10.2. The van der Waals surface area contributed by atoms with E-state index in [0.717, 1.165) is 18.7 Å². The predicted octanol–water partition coefficient (Wildman–Crippen LogP) is 1.06. The quantitative estimate of drug-likeness (QED) is 0.910. The minimum Gasteiger partial charge on any atom is -0.387 e. The van der Waals surface area contributed by atoms with Gasteiger partial charge in [0.05, 0.1) is 24.0 Å². The zero-order valence-corrected chi connectivity index (χ0v) is 12.7. The van der Waals surface area contributed by atoms with E-state index in [0.29, 0.717) is 30.9 Å². The molecular weight excluding hydrogens is 286 g/mol. The molecule has 1 aliphatic rings. The summed E-state index contributed by atoms with van der Waals surface area (Å²) in [4.78, 5) is 14.2. The lowest BCUT2D eigenvalue weighted by Gasteiger charge is -2.18. The molecule has 1 aliphatic heterocycles. The Morgan fingerprint density at radius 1 is 1.45 bits per heavy atom. The molecule has 0 bridgehead atoms. The molecule has 22 heavy (non-hydrogen) atoms. The van der Waals surface area contributed by atoms with E-state index in [2.05, 4.69) is 20.0 Å².